The number of amides is 2. The van der Waals surface area contributed by atoms with E-state index in [9.17, 15) is 9.59 Å². The van der Waals surface area contributed by atoms with Gasteiger partial charge in [0, 0.05) is 6.54 Å². The summed E-state index contributed by atoms with van der Waals surface area (Å²) in [5.41, 5.74) is 1.73. The lowest BCUT2D eigenvalue weighted by Crippen LogP contribution is -2.41. The number of carbonyl (C=O) groups excluding carboxylic acids is 2. The number of ether oxygens (including phenoxy) is 1. The molecular weight excluding hydrogens is 328 g/mol. The second kappa shape index (κ2) is 8.15. The third-order valence-electron chi connectivity index (χ3n) is 4.60. The van der Waals surface area contributed by atoms with Crippen LogP contribution in [0, 0.1) is 0 Å². The molecule has 2 aromatic rings. The Labute approximate surface area is 154 Å². The van der Waals surface area contributed by atoms with Gasteiger partial charge in [0.2, 0.25) is 5.91 Å². The Bertz CT molecular complexity index is 759. The predicted octanol–water partition coefficient (Wildman–Crippen LogP) is 3.24. The van der Waals surface area contributed by atoms with Crippen molar-refractivity contribution in [3.8, 4) is 5.75 Å². The molecule has 0 aromatic heterocycles. The van der Waals surface area contributed by atoms with E-state index < -0.39 is 6.04 Å². The highest BCUT2D eigenvalue weighted by atomic mass is 16.5. The topological polar surface area (TPSA) is 49.9 Å². The number of benzene rings is 2. The maximum atomic E-state index is 12.9. The number of hydrogen-bond donors (Lipinski definition) is 0. The van der Waals surface area contributed by atoms with Crippen molar-refractivity contribution >= 4 is 17.5 Å². The van der Waals surface area contributed by atoms with Crippen LogP contribution in [0.4, 0.5) is 5.69 Å². The second-order valence-corrected chi connectivity index (χ2v) is 6.26. The molecule has 2 aromatic carbocycles. The Kier molecular flexibility index (Phi) is 5.68. The van der Waals surface area contributed by atoms with E-state index in [4.69, 9.17) is 4.74 Å². The van der Waals surface area contributed by atoms with Crippen LogP contribution in [0.25, 0.3) is 0 Å². The van der Waals surface area contributed by atoms with Crippen LogP contribution in [-0.4, -0.2) is 35.9 Å². The van der Waals surface area contributed by atoms with Crippen molar-refractivity contribution in [2.24, 2.45) is 0 Å². The quantitative estimate of drug-likeness (QED) is 0.718. The molecule has 1 aliphatic heterocycles. The van der Waals surface area contributed by atoms with Gasteiger partial charge >= 0.3 is 0 Å². The first-order valence-electron chi connectivity index (χ1n) is 9.01. The molecule has 136 valence electrons. The van der Waals surface area contributed by atoms with Crippen LogP contribution in [0.5, 0.6) is 5.75 Å². The van der Waals surface area contributed by atoms with Crippen LogP contribution in [0.3, 0.4) is 0 Å². The molecule has 0 saturated carbocycles. The van der Waals surface area contributed by atoms with Crippen molar-refractivity contribution in [3.05, 3.63) is 60.2 Å². The van der Waals surface area contributed by atoms with Crippen molar-refractivity contribution < 1.29 is 14.3 Å². The molecule has 0 N–H and O–H groups in total. The Morgan fingerprint density at radius 1 is 1.04 bits per heavy atom. The molecule has 2 amide bonds. The average molecular weight is 352 g/mol. The maximum Gasteiger partial charge on any atom is 0.251 e. The molecule has 0 spiro atoms. The van der Waals surface area contributed by atoms with Crippen molar-refractivity contribution in [3.63, 3.8) is 0 Å². The smallest absolute Gasteiger partial charge is 0.251 e. The first-order valence-corrected chi connectivity index (χ1v) is 9.01. The summed E-state index contributed by atoms with van der Waals surface area (Å²) in [5.74, 6) is 0.416. The lowest BCUT2D eigenvalue weighted by molar-refractivity contribution is -0.123. The van der Waals surface area contributed by atoms with Crippen molar-refractivity contribution in [1.29, 1.82) is 0 Å². The van der Waals surface area contributed by atoms with Gasteiger partial charge < -0.3 is 4.74 Å². The van der Waals surface area contributed by atoms with E-state index in [-0.39, 0.29) is 18.2 Å². The first kappa shape index (κ1) is 18.1. The summed E-state index contributed by atoms with van der Waals surface area (Å²) in [5, 5.41) is 0. The first-order chi connectivity index (χ1) is 12.6. The van der Waals surface area contributed by atoms with E-state index >= 15 is 0 Å². The van der Waals surface area contributed by atoms with E-state index in [1.165, 1.54) is 4.90 Å². The number of nitrogens with zero attached hydrogens (tertiary/aromatic N) is 2. The summed E-state index contributed by atoms with van der Waals surface area (Å²) in [6.45, 7) is 5.86. The molecule has 1 atom stereocenters. The van der Waals surface area contributed by atoms with Crippen molar-refractivity contribution in [2.45, 2.75) is 32.9 Å². The van der Waals surface area contributed by atoms with Crippen LogP contribution in [0.15, 0.2) is 54.6 Å². The van der Waals surface area contributed by atoms with Gasteiger partial charge in [0.15, 0.2) is 0 Å². The fraction of sp³-hybridized carbons (Fsp3) is 0.333. The SMILES string of the molecule is CCOc1ccc(N2C(=O)CC(N(CC)Cc3ccccc3)C2=O)cc1. The summed E-state index contributed by atoms with van der Waals surface area (Å²) in [4.78, 5) is 28.8. The third-order valence-corrected chi connectivity index (χ3v) is 4.60. The summed E-state index contributed by atoms with van der Waals surface area (Å²) < 4.78 is 5.42. The van der Waals surface area contributed by atoms with Gasteiger partial charge in [-0.15, -0.1) is 0 Å². The number of carbonyl (C=O) groups is 2. The molecule has 1 aliphatic rings. The Morgan fingerprint density at radius 2 is 1.73 bits per heavy atom. The van der Waals surface area contributed by atoms with Crippen LogP contribution in [0.1, 0.15) is 25.8 Å². The highest BCUT2D eigenvalue weighted by Crippen LogP contribution is 2.28. The number of hydrogen-bond acceptors (Lipinski definition) is 4. The summed E-state index contributed by atoms with van der Waals surface area (Å²) in [6, 6.07) is 16.7. The highest BCUT2D eigenvalue weighted by Gasteiger charge is 2.42. The molecular formula is C21H24N2O3. The number of rotatable bonds is 7. The summed E-state index contributed by atoms with van der Waals surface area (Å²) in [7, 11) is 0. The minimum atomic E-state index is -0.417. The van der Waals surface area contributed by atoms with Gasteiger partial charge in [0.05, 0.1) is 24.8 Å². The molecule has 1 fully saturated rings. The van der Waals surface area contributed by atoms with Crippen molar-refractivity contribution in [1.82, 2.24) is 4.90 Å². The highest BCUT2D eigenvalue weighted by molar-refractivity contribution is 6.22. The standard InChI is InChI=1S/C21H24N2O3/c1-3-22(15-16-8-6-5-7-9-16)19-14-20(24)23(21(19)25)17-10-12-18(13-11-17)26-4-2/h5-13,19H,3-4,14-15H2,1-2H3. The van der Waals surface area contributed by atoms with E-state index in [2.05, 4.69) is 4.90 Å². The number of anilines is 1. The molecule has 5 nitrogen and oxygen atoms in total. The zero-order valence-corrected chi connectivity index (χ0v) is 15.2. The Morgan fingerprint density at radius 3 is 2.35 bits per heavy atom. The van der Waals surface area contributed by atoms with Gasteiger partial charge in [0.25, 0.3) is 5.91 Å². The zero-order chi connectivity index (χ0) is 18.5. The molecule has 0 radical (unpaired) electrons. The monoisotopic (exact) mass is 352 g/mol. The van der Waals surface area contributed by atoms with Crippen LogP contribution >= 0.6 is 0 Å². The molecule has 26 heavy (non-hydrogen) atoms. The summed E-state index contributed by atoms with van der Waals surface area (Å²) >= 11 is 0. The molecule has 1 heterocycles. The van der Waals surface area contributed by atoms with E-state index in [0.717, 1.165) is 11.3 Å². The lowest BCUT2D eigenvalue weighted by Gasteiger charge is -2.26. The Hall–Kier alpha value is -2.66. The number of likely N-dealkylation sites (N-methyl/N-ethyl adjacent to an activating group) is 1. The third kappa shape index (κ3) is 3.78. The fourth-order valence-corrected chi connectivity index (χ4v) is 3.29. The zero-order valence-electron chi connectivity index (χ0n) is 15.2. The Balaban J connectivity index is 1.76. The van der Waals surface area contributed by atoms with E-state index in [1.807, 2.05) is 44.2 Å². The lowest BCUT2D eigenvalue weighted by atomic mass is 10.1. The minimum Gasteiger partial charge on any atom is -0.494 e. The van der Waals surface area contributed by atoms with Crippen molar-refractivity contribution in [2.75, 3.05) is 18.1 Å². The molecule has 0 aliphatic carbocycles. The molecule has 0 bridgehead atoms. The fourth-order valence-electron chi connectivity index (χ4n) is 3.29. The van der Waals surface area contributed by atoms with Gasteiger partial charge in [-0.2, -0.15) is 0 Å². The minimum absolute atomic E-state index is 0.156. The van der Waals surface area contributed by atoms with Crippen LogP contribution in [-0.2, 0) is 16.1 Å². The normalized spacial score (nSPS) is 17.2. The van der Waals surface area contributed by atoms with E-state index in [1.54, 1.807) is 24.3 Å². The van der Waals surface area contributed by atoms with Crippen LogP contribution < -0.4 is 9.64 Å². The van der Waals surface area contributed by atoms with Gasteiger partial charge in [-0.3, -0.25) is 14.5 Å². The van der Waals surface area contributed by atoms with Gasteiger partial charge in [-0.05, 0) is 43.3 Å². The average Bonchev–Trinajstić information content (AvgIpc) is 2.96. The van der Waals surface area contributed by atoms with Crippen LogP contribution in [0.2, 0.25) is 0 Å². The van der Waals surface area contributed by atoms with E-state index in [0.29, 0.717) is 25.4 Å². The maximum absolute atomic E-state index is 12.9. The van der Waals surface area contributed by atoms with Gasteiger partial charge in [-0.1, -0.05) is 37.3 Å². The number of imide groups is 1. The van der Waals surface area contributed by atoms with Gasteiger partial charge in [0.1, 0.15) is 5.75 Å². The second-order valence-electron chi connectivity index (χ2n) is 6.26. The largest absolute Gasteiger partial charge is 0.494 e. The molecule has 3 rings (SSSR count). The predicted molar refractivity (Wildman–Crippen MR) is 101 cm³/mol. The molecule has 1 saturated heterocycles. The molecule has 5 heteroatoms. The van der Waals surface area contributed by atoms with Gasteiger partial charge in [-0.25, -0.2) is 4.90 Å². The summed E-state index contributed by atoms with van der Waals surface area (Å²) in [6.07, 6.45) is 0.215. The molecule has 1 unspecified atom stereocenters.